The molecule has 0 aromatic carbocycles. The van der Waals surface area contributed by atoms with Crippen molar-refractivity contribution in [2.75, 3.05) is 54.9 Å². The fourth-order valence-electron chi connectivity index (χ4n) is 3.31. The summed E-state index contributed by atoms with van der Waals surface area (Å²) in [6.07, 6.45) is 7.65. The molecular weight excluding hydrogens is 370 g/mol. The molecule has 3 heterocycles. The molecule has 0 atom stereocenters. The lowest BCUT2D eigenvalue weighted by Gasteiger charge is -2.27. The fourth-order valence-corrected chi connectivity index (χ4v) is 3.31. The molecule has 0 bridgehead atoms. The van der Waals surface area contributed by atoms with Gasteiger partial charge in [0.1, 0.15) is 11.6 Å². The zero-order valence-electron chi connectivity index (χ0n) is 16.4. The molecule has 1 saturated heterocycles. The van der Waals surface area contributed by atoms with E-state index in [9.17, 15) is 4.79 Å². The van der Waals surface area contributed by atoms with Crippen molar-refractivity contribution in [2.45, 2.75) is 25.2 Å². The van der Waals surface area contributed by atoms with Crippen molar-refractivity contribution >= 4 is 29.7 Å². The van der Waals surface area contributed by atoms with Crippen molar-refractivity contribution in [1.82, 2.24) is 20.3 Å². The highest BCUT2D eigenvalue weighted by Gasteiger charge is 2.27. The van der Waals surface area contributed by atoms with Crippen molar-refractivity contribution in [3.05, 3.63) is 30.1 Å². The number of pyridine rings is 1. The molecule has 0 radical (unpaired) electrons. The number of morpholine rings is 1. The van der Waals surface area contributed by atoms with Crippen LogP contribution in [0.1, 0.15) is 30.7 Å². The second kappa shape index (κ2) is 9.51. The highest BCUT2D eigenvalue weighted by atomic mass is 16.5. The van der Waals surface area contributed by atoms with E-state index in [1.54, 1.807) is 6.20 Å². The van der Waals surface area contributed by atoms with Gasteiger partial charge in [-0.3, -0.25) is 4.79 Å². The molecule has 2 aliphatic rings. The average molecular weight is 397 g/mol. The quantitative estimate of drug-likeness (QED) is 0.412. The Morgan fingerprint density at radius 1 is 1.14 bits per heavy atom. The van der Waals surface area contributed by atoms with Gasteiger partial charge in [-0.15, -0.1) is 0 Å². The van der Waals surface area contributed by atoms with E-state index >= 15 is 0 Å². The minimum atomic E-state index is 0.545. The molecule has 154 valence electrons. The Labute approximate surface area is 170 Å². The normalized spacial score (nSPS) is 16.3. The van der Waals surface area contributed by atoms with Crippen LogP contribution in [-0.2, 0) is 9.53 Å². The van der Waals surface area contributed by atoms with Gasteiger partial charge in [-0.05, 0) is 37.3 Å². The lowest BCUT2D eigenvalue weighted by molar-refractivity contribution is -0.109. The number of nitrogens with one attached hydrogen (secondary N) is 3. The molecule has 9 heteroatoms. The van der Waals surface area contributed by atoms with Crippen molar-refractivity contribution < 1.29 is 9.53 Å². The Kier molecular flexibility index (Phi) is 6.35. The number of aromatic nitrogens is 3. The number of amides is 1. The summed E-state index contributed by atoms with van der Waals surface area (Å²) in [6, 6.07) is 4.00. The van der Waals surface area contributed by atoms with Gasteiger partial charge in [0, 0.05) is 37.9 Å². The van der Waals surface area contributed by atoms with Crippen LogP contribution in [0.2, 0.25) is 0 Å². The van der Waals surface area contributed by atoms with Crippen molar-refractivity contribution in [3.8, 4) is 0 Å². The predicted molar refractivity (Wildman–Crippen MR) is 112 cm³/mol. The van der Waals surface area contributed by atoms with Crippen LogP contribution in [0, 0.1) is 0 Å². The van der Waals surface area contributed by atoms with Crippen molar-refractivity contribution in [2.24, 2.45) is 0 Å². The largest absolute Gasteiger partial charge is 0.378 e. The van der Waals surface area contributed by atoms with Crippen LogP contribution in [0.25, 0.3) is 0 Å². The first kappa shape index (κ1) is 19.4. The first-order chi connectivity index (χ1) is 14.3. The third kappa shape index (κ3) is 5.32. The predicted octanol–water partition coefficient (Wildman–Crippen LogP) is 1.88. The molecule has 0 spiro atoms. The standard InChI is InChI=1S/C20H27N7O2/c28-14-21-6-1-7-22-19-17(15-2-3-15)13-24-20(26-19)25-16-4-5-18(23-12-16)27-8-10-29-11-9-27/h4-5,12-15H,1-3,6-11H2,(H,21,28)(H2,22,24,25,26). The first-order valence-corrected chi connectivity index (χ1v) is 10.2. The summed E-state index contributed by atoms with van der Waals surface area (Å²) in [4.78, 5) is 26.3. The molecule has 2 aromatic heterocycles. The maximum Gasteiger partial charge on any atom is 0.229 e. The molecule has 2 aromatic rings. The number of carbonyl (C=O) groups is 1. The second-order valence-electron chi connectivity index (χ2n) is 7.25. The Hall–Kier alpha value is -2.94. The third-order valence-electron chi connectivity index (χ3n) is 5.05. The molecule has 4 rings (SSSR count). The van der Waals surface area contributed by atoms with Crippen LogP contribution in [0.15, 0.2) is 24.5 Å². The van der Waals surface area contributed by atoms with Gasteiger partial charge in [0.05, 0.1) is 25.1 Å². The van der Waals surface area contributed by atoms with Crippen LogP contribution in [0.3, 0.4) is 0 Å². The Bertz CT molecular complexity index is 805. The SMILES string of the molecule is O=CNCCCNc1nc(Nc2ccc(N3CCOCC3)nc2)ncc1C1CC1. The van der Waals surface area contributed by atoms with Crippen LogP contribution < -0.4 is 20.9 Å². The molecule has 1 saturated carbocycles. The van der Waals surface area contributed by atoms with E-state index in [0.717, 1.165) is 63.0 Å². The number of nitrogens with zero attached hydrogens (tertiary/aromatic N) is 4. The zero-order valence-corrected chi connectivity index (χ0v) is 16.4. The van der Waals surface area contributed by atoms with Gasteiger partial charge >= 0.3 is 0 Å². The summed E-state index contributed by atoms with van der Waals surface area (Å²) in [6.45, 7) is 4.60. The highest BCUT2D eigenvalue weighted by Crippen LogP contribution is 2.42. The summed E-state index contributed by atoms with van der Waals surface area (Å²) in [5, 5.41) is 9.31. The number of ether oxygens (including phenoxy) is 1. The van der Waals surface area contributed by atoms with E-state index in [1.807, 2.05) is 18.3 Å². The lowest BCUT2D eigenvalue weighted by Crippen LogP contribution is -2.36. The van der Waals surface area contributed by atoms with Crippen LogP contribution in [-0.4, -0.2) is 60.8 Å². The monoisotopic (exact) mass is 397 g/mol. The maximum atomic E-state index is 10.3. The summed E-state index contributed by atoms with van der Waals surface area (Å²) in [5.41, 5.74) is 2.02. The van der Waals surface area contributed by atoms with E-state index in [-0.39, 0.29) is 0 Å². The first-order valence-electron chi connectivity index (χ1n) is 10.2. The van der Waals surface area contributed by atoms with Crippen LogP contribution in [0.4, 0.5) is 23.3 Å². The van der Waals surface area contributed by atoms with Crippen LogP contribution >= 0.6 is 0 Å². The van der Waals surface area contributed by atoms with Gasteiger partial charge in [0.2, 0.25) is 12.4 Å². The second-order valence-corrected chi connectivity index (χ2v) is 7.25. The topological polar surface area (TPSA) is 104 Å². The molecule has 9 nitrogen and oxygen atoms in total. The van der Waals surface area contributed by atoms with Gasteiger partial charge in [0.15, 0.2) is 0 Å². The molecular formula is C20H27N7O2. The summed E-state index contributed by atoms with van der Waals surface area (Å²) >= 11 is 0. The smallest absolute Gasteiger partial charge is 0.229 e. The summed E-state index contributed by atoms with van der Waals surface area (Å²) in [5.74, 6) is 2.92. The Balaban J connectivity index is 1.39. The third-order valence-corrected chi connectivity index (χ3v) is 5.05. The lowest BCUT2D eigenvalue weighted by atomic mass is 10.2. The highest BCUT2D eigenvalue weighted by molar-refractivity contribution is 5.58. The number of hydrogen-bond acceptors (Lipinski definition) is 8. The molecule has 3 N–H and O–H groups in total. The van der Waals surface area contributed by atoms with Crippen LogP contribution in [0.5, 0.6) is 0 Å². The fraction of sp³-hybridized carbons (Fsp3) is 0.500. The molecule has 1 aliphatic carbocycles. The van der Waals surface area contributed by atoms with E-state index in [1.165, 1.54) is 18.4 Å². The maximum absolute atomic E-state index is 10.3. The summed E-state index contributed by atoms with van der Waals surface area (Å²) < 4.78 is 5.39. The minimum Gasteiger partial charge on any atom is -0.378 e. The van der Waals surface area contributed by atoms with Gasteiger partial charge in [0.25, 0.3) is 0 Å². The van der Waals surface area contributed by atoms with Gasteiger partial charge in [-0.1, -0.05) is 0 Å². The van der Waals surface area contributed by atoms with E-state index < -0.39 is 0 Å². The minimum absolute atomic E-state index is 0.545. The van der Waals surface area contributed by atoms with E-state index in [0.29, 0.717) is 18.4 Å². The number of rotatable bonds is 10. The molecule has 1 amide bonds. The average Bonchev–Trinajstić information content (AvgIpc) is 3.60. The van der Waals surface area contributed by atoms with E-state index in [4.69, 9.17) is 4.74 Å². The van der Waals surface area contributed by atoms with Crippen molar-refractivity contribution in [1.29, 1.82) is 0 Å². The Morgan fingerprint density at radius 3 is 2.72 bits per heavy atom. The molecule has 0 unspecified atom stereocenters. The molecule has 29 heavy (non-hydrogen) atoms. The molecule has 2 fully saturated rings. The van der Waals surface area contributed by atoms with Gasteiger partial charge in [-0.25, -0.2) is 9.97 Å². The van der Waals surface area contributed by atoms with Gasteiger partial charge in [-0.2, -0.15) is 4.98 Å². The summed E-state index contributed by atoms with van der Waals surface area (Å²) in [7, 11) is 0. The zero-order chi connectivity index (χ0) is 19.9. The Morgan fingerprint density at radius 2 is 2.00 bits per heavy atom. The van der Waals surface area contributed by atoms with Crippen molar-refractivity contribution in [3.63, 3.8) is 0 Å². The van der Waals surface area contributed by atoms with E-state index in [2.05, 4.69) is 35.8 Å². The number of anilines is 4. The molecule has 1 aliphatic heterocycles. The number of hydrogen-bond donors (Lipinski definition) is 3. The number of carbonyl (C=O) groups excluding carboxylic acids is 1. The van der Waals surface area contributed by atoms with Gasteiger partial charge < -0.3 is 25.6 Å².